The molecule has 1 aromatic carbocycles. The fourth-order valence-corrected chi connectivity index (χ4v) is 2.69. The third-order valence-corrected chi connectivity index (χ3v) is 4.27. The molecular weight excluding hydrogens is 355 g/mol. The first-order chi connectivity index (χ1) is 12.5. The van der Waals surface area contributed by atoms with Gasteiger partial charge in [0.2, 0.25) is 0 Å². The van der Waals surface area contributed by atoms with E-state index in [9.17, 15) is 18.0 Å². The zero-order chi connectivity index (χ0) is 19.8. The third kappa shape index (κ3) is 4.30. The van der Waals surface area contributed by atoms with E-state index in [-0.39, 0.29) is 17.9 Å². The first kappa shape index (κ1) is 18.9. The smallest absolute Gasteiger partial charge is 0.346 e. The number of nitrogens with zero attached hydrogens (tertiary/aromatic N) is 2. The molecule has 2 heterocycles. The lowest BCUT2D eigenvalue weighted by molar-refractivity contribution is -0.137. The molecule has 7 heteroatoms. The van der Waals surface area contributed by atoms with E-state index >= 15 is 0 Å². The van der Waals surface area contributed by atoms with Gasteiger partial charge in [0.25, 0.3) is 5.91 Å². The summed E-state index contributed by atoms with van der Waals surface area (Å²) in [7, 11) is 0. The topological polar surface area (TPSA) is 46.4 Å². The molecule has 0 fully saturated rings. The Labute approximate surface area is 155 Å². The number of imidazole rings is 1. The van der Waals surface area contributed by atoms with Gasteiger partial charge in [-0.3, -0.25) is 4.79 Å². The molecule has 2 aromatic heterocycles. The van der Waals surface area contributed by atoms with Crippen molar-refractivity contribution in [1.29, 1.82) is 0 Å². The van der Waals surface area contributed by atoms with E-state index < -0.39 is 11.7 Å². The normalized spacial score (nSPS) is 12.4. The number of carbonyl (C=O) groups is 1. The molecule has 1 amide bonds. The Morgan fingerprint density at radius 2 is 1.63 bits per heavy atom. The molecule has 0 aliphatic carbocycles. The van der Waals surface area contributed by atoms with Gasteiger partial charge in [-0.05, 0) is 35.2 Å². The molecular formula is C20H20F3N3O. The predicted molar refractivity (Wildman–Crippen MR) is 96.5 cm³/mol. The summed E-state index contributed by atoms with van der Waals surface area (Å²) < 4.78 is 39.6. The highest BCUT2D eigenvalue weighted by molar-refractivity contribution is 5.94. The first-order valence-corrected chi connectivity index (χ1v) is 8.47. The number of amides is 1. The van der Waals surface area contributed by atoms with Gasteiger partial charge in [-0.25, -0.2) is 4.98 Å². The van der Waals surface area contributed by atoms with Gasteiger partial charge in [-0.1, -0.05) is 32.9 Å². The number of alkyl halides is 3. The van der Waals surface area contributed by atoms with Crippen LogP contribution in [0.2, 0.25) is 0 Å². The van der Waals surface area contributed by atoms with Crippen molar-refractivity contribution in [1.82, 2.24) is 14.7 Å². The Bertz CT molecular complexity index is 967. The molecule has 1 N–H and O–H groups in total. The number of hydrogen-bond donors (Lipinski definition) is 1. The SMILES string of the molecule is CC(C)(C)c1ccc(C(=O)NCc2cn3cc(C(F)(F)F)ccc3n2)cc1. The van der Waals surface area contributed by atoms with E-state index in [0.717, 1.165) is 17.8 Å². The molecule has 0 saturated carbocycles. The summed E-state index contributed by atoms with van der Waals surface area (Å²) >= 11 is 0. The highest BCUT2D eigenvalue weighted by Crippen LogP contribution is 2.29. The molecule has 27 heavy (non-hydrogen) atoms. The van der Waals surface area contributed by atoms with Crippen molar-refractivity contribution in [2.45, 2.75) is 38.9 Å². The van der Waals surface area contributed by atoms with Gasteiger partial charge in [-0.15, -0.1) is 0 Å². The molecule has 0 radical (unpaired) electrons. The van der Waals surface area contributed by atoms with Crippen LogP contribution in [0.5, 0.6) is 0 Å². The molecule has 0 bridgehead atoms. The van der Waals surface area contributed by atoms with Crippen molar-refractivity contribution in [2.75, 3.05) is 0 Å². The number of rotatable bonds is 3. The largest absolute Gasteiger partial charge is 0.417 e. The predicted octanol–water partition coefficient (Wildman–Crippen LogP) is 4.58. The molecule has 0 saturated heterocycles. The first-order valence-electron chi connectivity index (χ1n) is 8.47. The van der Waals surface area contributed by atoms with Crippen molar-refractivity contribution < 1.29 is 18.0 Å². The van der Waals surface area contributed by atoms with Crippen LogP contribution in [0.25, 0.3) is 5.65 Å². The fraction of sp³-hybridized carbons (Fsp3) is 0.300. The zero-order valence-corrected chi connectivity index (χ0v) is 15.3. The van der Waals surface area contributed by atoms with Gasteiger partial charge < -0.3 is 9.72 Å². The van der Waals surface area contributed by atoms with Gasteiger partial charge >= 0.3 is 6.18 Å². The highest BCUT2D eigenvalue weighted by Gasteiger charge is 2.30. The van der Waals surface area contributed by atoms with E-state index in [1.807, 2.05) is 12.1 Å². The summed E-state index contributed by atoms with van der Waals surface area (Å²) in [6.45, 7) is 6.41. The lowest BCUT2D eigenvalue weighted by Crippen LogP contribution is -2.23. The Kier molecular flexibility index (Phi) is 4.71. The summed E-state index contributed by atoms with van der Waals surface area (Å²) in [6, 6.07) is 9.64. The summed E-state index contributed by atoms with van der Waals surface area (Å²) in [6.07, 6.45) is -1.95. The van der Waals surface area contributed by atoms with Crippen molar-refractivity contribution in [3.63, 3.8) is 0 Å². The summed E-state index contributed by atoms with van der Waals surface area (Å²) in [5, 5.41) is 2.74. The number of pyridine rings is 1. The van der Waals surface area contributed by atoms with Crippen LogP contribution in [0.3, 0.4) is 0 Å². The molecule has 3 rings (SSSR count). The molecule has 142 valence electrons. The van der Waals surface area contributed by atoms with Gasteiger partial charge in [0.1, 0.15) is 5.65 Å². The summed E-state index contributed by atoms with van der Waals surface area (Å²) in [4.78, 5) is 16.5. The van der Waals surface area contributed by atoms with Crippen LogP contribution >= 0.6 is 0 Å². The third-order valence-electron chi connectivity index (χ3n) is 4.27. The molecule has 0 aliphatic heterocycles. The Balaban J connectivity index is 1.70. The average Bonchev–Trinajstić information content (AvgIpc) is 3.00. The van der Waals surface area contributed by atoms with Gasteiger partial charge in [0, 0.05) is 18.0 Å². The van der Waals surface area contributed by atoms with Gasteiger partial charge in [0.05, 0.1) is 17.8 Å². The maximum absolute atomic E-state index is 12.8. The lowest BCUT2D eigenvalue weighted by atomic mass is 9.87. The number of fused-ring (bicyclic) bond motifs is 1. The minimum absolute atomic E-state index is 0.000807. The quantitative estimate of drug-likeness (QED) is 0.728. The number of nitrogens with one attached hydrogen (secondary N) is 1. The van der Waals surface area contributed by atoms with E-state index in [0.29, 0.717) is 16.9 Å². The van der Waals surface area contributed by atoms with Crippen molar-refractivity contribution in [3.8, 4) is 0 Å². The molecule has 0 spiro atoms. The van der Waals surface area contributed by atoms with Gasteiger partial charge in [0.15, 0.2) is 0 Å². The van der Waals surface area contributed by atoms with E-state index in [2.05, 4.69) is 31.1 Å². The van der Waals surface area contributed by atoms with Crippen LogP contribution < -0.4 is 5.32 Å². The molecule has 3 aromatic rings. The van der Waals surface area contributed by atoms with E-state index in [1.54, 1.807) is 12.1 Å². The number of halogens is 3. The van der Waals surface area contributed by atoms with E-state index in [1.165, 1.54) is 16.7 Å². The van der Waals surface area contributed by atoms with Crippen LogP contribution in [0.1, 0.15) is 48.0 Å². The Morgan fingerprint density at radius 1 is 1.00 bits per heavy atom. The van der Waals surface area contributed by atoms with Crippen LogP contribution in [-0.4, -0.2) is 15.3 Å². The van der Waals surface area contributed by atoms with Crippen LogP contribution in [0, 0.1) is 0 Å². The van der Waals surface area contributed by atoms with Crippen LogP contribution in [0.4, 0.5) is 13.2 Å². The molecule has 4 nitrogen and oxygen atoms in total. The van der Waals surface area contributed by atoms with Crippen LogP contribution in [-0.2, 0) is 18.1 Å². The average molecular weight is 375 g/mol. The number of carbonyl (C=O) groups excluding carboxylic acids is 1. The molecule has 0 aliphatic rings. The summed E-state index contributed by atoms with van der Waals surface area (Å²) in [5.74, 6) is -0.261. The number of aromatic nitrogens is 2. The number of hydrogen-bond acceptors (Lipinski definition) is 2. The van der Waals surface area contributed by atoms with Crippen LogP contribution in [0.15, 0.2) is 48.8 Å². The lowest BCUT2D eigenvalue weighted by Gasteiger charge is -2.19. The zero-order valence-electron chi connectivity index (χ0n) is 15.3. The van der Waals surface area contributed by atoms with Gasteiger partial charge in [-0.2, -0.15) is 13.2 Å². The Morgan fingerprint density at radius 3 is 2.22 bits per heavy atom. The monoisotopic (exact) mass is 375 g/mol. The molecule has 0 atom stereocenters. The second kappa shape index (κ2) is 6.72. The fourth-order valence-electron chi connectivity index (χ4n) is 2.69. The number of benzene rings is 1. The maximum Gasteiger partial charge on any atom is 0.417 e. The van der Waals surface area contributed by atoms with Crippen molar-refractivity contribution >= 4 is 11.6 Å². The summed E-state index contributed by atoms with van der Waals surface area (Å²) in [5.41, 5.74) is 1.77. The Hall–Kier alpha value is -2.83. The maximum atomic E-state index is 12.8. The molecule has 0 unspecified atom stereocenters. The standard InChI is InChI=1S/C20H20F3N3O/c1-19(2,3)14-6-4-13(5-7-14)18(27)24-10-16-12-26-11-15(20(21,22)23)8-9-17(26)25-16/h4-9,11-12H,10H2,1-3H3,(H,24,27). The van der Waals surface area contributed by atoms with Crippen molar-refractivity contribution in [3.05, 3.63) is 71.2 Å². The van der Waals surface area contributed by atoms with E-state index in [4.69, 9.17) is 0 Å². The van der Waals surface area contributed by atoms with Crippen molar-refractivity contribution in [2.24, 2.45) is 0 Å². The minimum atomic E-state index is -4.41. The minimum Gasteiger partial charge on any atom is -0.346 e. The highest BCUT2D eigenvalue weighted by atomic mass is 19.4. The second-order valence-electron chi connectivity index (χ2n) is 7.42. The second-order valence-corrected chi connectivity index (χ2v) is 7.42.